The number of aromatic nitrogens is 4. The lowest BCUT2D eigenvalue weighted by Crippen LogP contribution is -2.35. The minimum atomic E-state index is -0.348. The lowest BCUT2D eigenvalue weighted by molar-refractivity contribution is 0.0934. The van der Waals surface area contributed by atoms with Crippen LogP contribution in [0.15, 0.2) is 17.1 Å². The Balaban J connectivity index is 1.70. The molecule has 2 heterocycles. The quantitative estimate of drug-likeness (QED) is 0.758. The molecular weight excluding hydrogens is 332 g/mol. The number of nitrogens with one attached hydrogen (secondary N) is 3. The number of H-pyrrole nitrogens is 2. The molecule has 140 valence electrons. The van der Waals surface area contributed by atoms with Gasteiger partial charge in [0.1, 0.15) is 5.69 Å². The minimum absolute atomic E-state index is 0.203. The van der Waals surface area contributed by atoms with Gasteiger partial charge < -0.3 is 10.2 Å². The summed E-state index contributed by atoms with van der Waals surface area (Å²) in [7, 11) is 2.05. The molecule has 0 aliphatic heterocycles. The van der Waals surface area contributed by atoms with Gasteiger partial charge in [0.2, 0.25) is 5.95 Å². The van der Waals surface area contributed by atoms with Gasteiger partial charge in [-0.05, 0) is 26.7 Å². The molecule has 2 aromatic rings. The first-order valence-electron chi connectivity index (χ1n) is 9.10. The Labute approximate surface area is 152 Å². The van der Waals surface area contributed by atoms with Gasteiger partial charge in [0.05, 0.1) is 6.04 Å². The molecule has 0 unspecified atom stereocenters. The van der Waals surface area contributed by atoms with Crippen LogP contribution in [0.5, 0.6) is 0 Å². The van der Waals surface area contributed by atoms with Crippen LogP contribution in [0.2, 0.25) is 0 Å². The van der Waals surface area contributed by atoms with Crippen molar-refractivity contribution >= 4 is 11.9 Å². The SMILES string of the molecule is Cc1nc(N(C)C2CCCCC2)ncc1[C@@H](C)NC(=O)c1cc(=O)[nH][nH]1. The van der Waals surface area contributed by atoms with E-state index in [0.29, 0.717) is 6.04 Å². The van der Waals surface area contributed by atoms with Crippen molar-refractivity contribution in [1.29, 1.82) is 0 Å². The molecule has 0 aromatic carbocycles. The van der Waals surface area contributed by atoms with Gasteiger partial charge in [0.15, 0.2) is 0 Å². The molecule has 3 N–H and O–H groups in total. The van der Waals surface area contributed by atoms with E-state index in [9.17, 15) is 9.59 Å². The van der Waals surface area contributed by atoms with Crippen LogP contribution in [-0.2, 0) is 0 Å². The Bertz CT molecular complexity index is 821. The van der Waals surface area contributed by atoms with Gasteiger partial charge in [-0.3, -0.25) is 19.8 Å². The fourth-order valence-corrected chi connectivity index (χ4v) is 3.50. The molecular formula is C18H26N6O2. The lowest BCUT2D eigenvalue weighted by atomic mass is 9.95. The number of carbonyl (C=O) groups is 1. The van der Waals surface area contributed by atoms with E-state index < -0.39 is 0 Å². The summed E-state index contributed by atoms with van der Waals surface area (Å²) >= 11 is 0. The number of rotatable bonds is 5. The van der Waals surface area contributed by atoms with Crippen molar-refractivity contribution in [3.63, 3.8) is 0 Å². The van der Waals surface area contributed by atoms with Crippen LogP contribution in [0.1, 0.15) is 66.8 Å². The van der Waals surface area contributed by atoms with Gasteiger partial charge in [0.25, 0.3) is 11.5 Å². The zero-order valence-electron chi connectivity index (χ0n) is 15.5. The largest absolute Gasteiger partial charge is 0.344 e. The second-order valence-electron chi connectivity index (χ2n) is 6.98. The average molecular weight is 358 g/mol. The Kier molecular flexibility index (Phi) is 5.39. The number of aryl methyl sites for hydroxylation is 1. The predicted octanol–water partition coefficient (Wildman–Crippen LogP) is 2.06. The molecule has 0 bridgehead atoms. The third kappa shape index (κ3) is 3.95. The van der Waals surface area contributed by atoms with Gasteiger partial charge in [-0.2, -0.15) is 0 Å². The highest BCUT2D eigenvalue weighted by molar-refractivity contribution is 5.92. The maximum atomic E-state index is 12.2. The molecule has 2 aromatic heterocycles. The first kappa shape index (κ1) is 18.2. The maximum Gasteiger partial charge on any atom is 0.269 e. The first-order valence-corrected chi connectivity index (χ1v) is 9.10. The molecule has 0 spiro atoms. The smallest absolute Gasteiger partial charge is 0.269 e. The van der Waals surface area contributed by atoms with Crippen molar-refractivity contribution in [2.75, 3.05) is 11.9 Å². The van der Waals surface area contributed by atoms with E-state index in [1.165, 1.54) is 38.2 Å². The monoisotopic (exact) mass is 358 g/mol. The van der Waals surface area contributed by atoms with Gasteiger partial charge in [0, 0.05) is 36.6 Å². The third-order valence-electron chi connectivity index (χ3n) is 5.10. The van der Waals surface area contributed by atoms with E-state index in [0.717, 1.165) is 17.2 Å². The fourth-order valence-electron chi connectivity index (χ4n) is 3.50. The van der Waals surface area contributed by atoms with Crippen LogP contribution in [0.3, 0.4) is 0 Å². The van der Waals surface area contributed by atoms with Gasteiger partial charge in [-0.25, -0.2) is 9.97 Å². The summed E-state index contributed by atoms with van der Waals surface area (Å²) in [5.74, 6) is 0.380. The Morgan fingerprint density at radius 3 is 2.65 bits per heavy atom. The molecule has 26 heavy (non-hydrogen) atoms. The molecule has 0 radical (unpaired) electrons. The van der Waals surface area contributed by atoms with Crippen LogP contribution >= 0.6 is 0 Å². The molecule has 1 amide bonds. The van der Waals surface area contributed by atoms with Crippen molar-refractivity contribution in [2.45, 2.75) is 58.0 Å². The summed E-state index contributed by atoms with van der Waals surface area (Å²) in [4.78, 5) is 34.7. The molecule has 1 atom stereocenters. The zero-order chi connectivity index (χ0) is 18.7. The first-order chi connectivity index (χ1) is 12.5. The second-order valence-corrected chi connectivity index (χ2v) is 6.98. The normalized spacial score (nSPS) is 16.3. The Hall–Kier alpha value is -2.64. The maximum absolute atomic E-state index is 12.2. The number of nitrogens with zero attached hydrogens (tertiary/aromatic N) is 3. The van der Waals surface area contributed by atoms with Gasteiger partial charge >= 0.3 is 0 Å². The van der Waals surface area contributed by atoms with Crippen LogP contribution in [0.4, 0.5) is 5.95 Å². The summed E-state index contributed by atoms with van der Waals surface area (Å²) < 4.78 is 0. The van der Waals surface area contributed by atoms with Crippen molar-refractivity contribution in [3.8, 4) is 0 Å². The molecule has 8 nitrogen and oxygen atoms in total. The van der Waals surface area contributed by atoms with Gasteiger partial charge in [-0.15, -0.1) is 0 Å². The number of aromatic amines is 2. The van der Waals surface area contributed by atoms with Crippen molar-refractivity contribution in [1.82, 2.24) is 25.5 Å². The minimum Gasteiger partial charge on any atom is -0.344 e. The summed E-state index contributed by atoms with van der Waals surface area (Å²) in [5.41, 5.74) is 1.57. The lowest BCUT2D eigenvalue weighted by Gasteiger charge is -2.31. The van der Waals surface area contributed by atoms with Crippen LogP contribution in [0, 0.1) is 6.92 Å². The van der Waals surface area contributed by atoms with Gasteiger partial charge in [-0.1, -0.05) is 19.3 Å². The number of amides is 1. The number of hydrogen-bond acceptors (Lipinski definition) is 5. The topological polar surface area (TPSA) is 107 Å². The van der Waals surface area contributed by atoms with Crippen molar-refractivity contribution in [3.05, 3.63) is 39.6 Å². The molecule has 1 fully saturated rings. The highest BCUT2D eigenvalue weighted by Gasteiger charge is 2.21. The predicted molar refractivity (Wildman–Crippen MR) is 99.3 cm³/mol. The van der Waals surface area contributed by atoms with Crippen molar-refractivity contribution < 1.29 is 4.79 Å². The average Bonchev–Trinajstić information content (AvgIpc) is 3.08. The third-order valence-corrected chi connectivity index (χ3v) is 5.10. The summed E-state index contributed by atoms with van der Waals surface area (Å²) in [6.45, 7) is 3.80. The molecule has 8 heteroatoms. The summed E-state index contributed by atoms with van der Waals surface area (Å²) in [6.07, 6.45) is 7.98. The van der Waals surface area contributed by atoms with E-state index in [-0.39, 0.29) is 23.2 Å². The summed E-state index contributed by atoms with van der Waals surface area (Å²) in [5, 5.41) is 7.76. The number of anilines is 1. The standard InChI is InChI=1S/C18H26N6O2/c1-11(20-17(26)15-9-16(25)23-22-15)14-10-19-18(21-12(14)2)24(3)13-7-5-4-6-8-13/h9-11,13H,4-8H2,1-3H3,(H,20,26)(H2,22,23,25)/t11-/m1/s1. The van der Waals surface area contributed by atoms with Crippen LogP contribution in [0.25, 0.3) is 0 Å². The zero-order valence-corrected chi connectivity index (χ0v) is 15.5. The van der Waals surface area contributed by atoms with E-state index in [2.05, 4.69) is 37.4 Å². The van der Waals surface area contributed by atoms with E-state index >= 15 is 0 Å². The van der Waals surface area contributed by atoms with E-state index in [1.807, 2.05) is 13.8 Å². The van der Waals surface area contributed by atoms with Crippen LogP contribution in [-0.4, -0.2) is 39.2 Å². The Morgan fingerprint density at radius 2 is 2.04 bits per heavy atom. The highest BCUT2D eigenvalue weighted by Crippen LogP contribution is 2.25. The van der Waals surface area contributed by atoms with Crippen LogP contribution < -0.4 is 15.8 Å². The fraction of sp³-hybridized carbons (Fsp3) is 0.556. The number of carbonyl (C=O) groups excluding carboxylic acids is 1. The van der Waals surface area contributed by atoms with E-state index in [1.54, 1.807) is 6.20 Å². The number of hydrogen-bond donors (Lipinski definition) is 3. The second kappa shape index (κ2) is 7.72. The molecule has 1 aliphatic carbocycles. The molecule has 3 rings (SSSR count). The molecule has 1 aliphatic rings. The highest BCUT2D eigenvalue weighted by atomic mass is 16.2. The Morgan fingerprint density at radius 1 is 1.31 bits per heavy atom. The van der Waals surface area contributed by atoms with E-state index in [4.69, 9.17) is 0 Å². The van der Waals surface area contributed by atoms with Crippen molar-refractivity contribution in [2.24, 2.45) is 0 Å². The summed E-state index contributed by atoms with van der Waals surface area (Å²) in [6, 6.07) is 1.46. The molecule has 0 saturated heterocycles. The molecule has 1 saturated carbocycles.